The average molecular weight is 691 g/mol. The molecule has 2 aromatic carbocycles. The number of aliphatic hydroxyl groups is 1. The van der Waals surface area contributed by atoms with Gasteiger partial charge in [-0.25, -0.2) is 9.59 Å². The third-order valence-electron chi connectivity index (χ3n) is 8.81. The minimum atomic E-state index is -1.36. The molecule has 13 heteroatoms. The number of nitrogens with one attached hydrogen (secondary N) is 2. The van der Waals surface area contributed by atoms with Crippen LogP contribution in [0, 0.1) is 20.8 Å². The van der Waals surface area contributed by atoms with Crippen LogP contribution in [-0.4, -0.2) is 69.5 Å². The second-order valence-corrected chi connectivity index (χ2v) is 13.2. The molecule has 5 rings (SSSR count). The minimum Gasteiger partial charge on any atom is -0.508 e. The molecule has 0 unspecified atom stereocenters. The molecule has 0 spiro atoms. The van der Waals surface area contributed by atoms with Gasteiger partial charge in [0.05, 0.1) is 11.0 Å². The molecule has 4 aromatic rings. The first-order valence-electron chi connectivity index (χ1n) is 16.0. The van der Waals surface area contributed by atoms with Crippen molar-refractivity contribution >= 4 is 28.5 Å². The Bertz CT molecular complexity index is 2020. The molecule has 50 heavy (non-hydrogen) atoms. The molecular formula is C37H42N2O11. The van der Waals surface area contributed by atoms with Crippen molar-refractivity contribution < 1.29 is 48.3 Å². The molecule has 1 amide bonds. The number of phenolic OH excluding ortho intramolecular Hbond substituents is 1. The van der Waals surface area contributed by atoms with E-state index in [0.29, 0.717) is 12.0 Å². The minimum absolute atomic E-state index is 0.0194. The van der Waals surface area contributed by atoms with Crippen molar-refractivity contribution in [3.63, 3.8) is 0 Å². The first-order chi connectivity index (χ1) is 23.5. The lowest BCUT2D eigenvalue weighted by molar-refractivity contribution is -0.305. The maximum Gasteiger partial charge on any atom is 0.364 e. The Morgan fingerprint density at radius 2 is 1.80 bits per heavy atom. The Kier molecular flexibility index (Phi) is 10.1. The van der Waals surface area contributed by atoms with Gasteiger partial charge in [-0.15, -0.1) is 0 Å². The monoisotopic (exact) mass is 690 g/mol. The van der Waals surface area contributed by atoms with Crippen molar-refractivity contribution in [1.82, 2.24) is 4.98 Å². The van der Waals surface area contributed by atoms with Crippen LogP contribution in [0.1, 0.15) is 70.9 Å². The molecule has 1 aliphatic heterocycles. The molecule has 1 aliphatic rings. The van der Waals surface area contributed by atoms with Crippen LogP contribution in [0.4, 0.5) is 5.69 Å². The predicted molar refractivity (Wildman–Crippen MR) is 184 cm³/mol. The number of ether oxygens (including phenoxy) is 4. The van der Waals surface area contributed by atoms with Gasteiger partial charge in [-0.3, -0.25) is 4.79 Å². The van der Waals surface area contributed by atoms with E-state index in [-0.39, 0.29) is 39.3 Å². The highest BCUT2D eigenvalue weighted by molar-refractivity contribution is 6.06. The number of H-pyrrole nitrogens is 1. The van der Waals surface area contributed by atoms with Crippen molar-refractivity contribution in [3.8, 4) is 17.2 Å². The van der Waals surface area contributed by atoms with Gasteiger partial charge in [-0.2, -0.15) is 0 Å². The number of aromatic nitrogens is 1. The number of aliphatic hydroxyl groups excluding tert-OH is 1. The highest BCUT2D eigenvalue weighted by atomic mass is 16.7. The van der Waals surface area contributed by atoms with Gasteiger partial charge in [0, 0.05) is 23.9 Å². The molecule has 4 atom stereocenters. The number of aryl methyl sites for hydroxylation is 3. The van der Waals surface area contributed by atoms with Gasteiger partial charge >= 0.3 is 11.6 Å². The Balaban J connectivity index is 1.44. The summed E-state index contributed by atoms with van der Waals surface area (Å²) in [4.78, 5) is 42.4. The number of allylic oxidation sites excluding steroid dienone is 2. The Hall–Kier alpha value is -5.11. The van der Waals surface area contributed by atoms with Crippen LogP contribution >= 0.6 is 0 Å². The number of rotatable bonds is 9. The van der Waals surface area contributed by atoms with Crippen molar-refractivity contribution in [2.24, 2.45) is 0 Å². The zero-order chi connectivity index (χ0) is 36.7. The fourth-order valence-electron chi connectivity index (χ4n) is 5.90. The second kappa shape index (κ2) is 14.0. The van der Waals surface area contributed by atoms with E-state index in [2.05, 4.69) is 10.3 Å². The van der Waals surface area contributed by atoms with E-state index in [1.54, 1.807) is 26.8 Å². The molecule has 0 aliphatic carbocycles. The van der Waals surface area contributed by atoms with Crippen LogP contribution in [0.2, 0.25) is 0 Å². The molecule has 0 bridgehead atoms. The van der Waals surface area contributed by atoms with E-state index in [9.17, 15) is 29.7 Å². The Morgan fingerprint density at radius 3 is 2.44 bits per heavy atom. The van der Waals surface area contributed by atoms with Gasteiger partial charge in [0.2, 0.25) is 6.29 Å². The summed E-state index contributed by atoms with van der Waals surface area (Å²) in [5, 5.41) is 35.2. The third kappa shape index (κ3) is 7.11. The molecule has 266 valence electrons. The fraction of sp³-hybridized carbons (Fsp3) is 0.378. The largest absolute Gasteiger partial charge is 0.508 e. The smallest absolute Gasteiger partial charge is 0.364 e. The summed E-state index contributed by atoms with van der Waals surface area (Å²) in [5.41, 5.74) is 1.18. The molecule has 13 nitrogen and oxygen atoms in total. The summed E-state index contributed by atoms with van der Waals surface area (Å²) in [6, 6.07) is 8.83. The number of phenols is 1. The van der Waals surface area contributed by atoms with E-state index in [4.69, 9.17) is 23.4 Å². The number of methoxy groups -OCH3 is 1. The number of fused-ring (bicyclic) bond motifs is 1. The van der Waals surface area contributed by atoms with E-state index >= 15 is 0 Å². The summed E-state index contributed by atoms with van der Waals surface area (Å²) in [5.74, 6) is -1.81. The van der Waals surface area contributed by atoms with Crippen molar-refractivity contribution in [3.05, 3.63) is 92.1 Å². The number of aromatic amines is 1. The molecule has 2 aromatic heterocycles. The first-order valence-corrected chi connectivity index (χ1v) is 16.0. The summed E-state index contributed by atoms with van der Waals surface area (Å²) >= 11 is 0. The summed E-state index contributed by atoms with van der Waals surface area (Å²) in [6.45, 7) is 12.4. The second-order valence-electron chi connectivity index (χ2n) is 13.2. The number of amides is 1. The van der Waals surface area contributed by atoms with Crippen molar-refractivity contribution in [2.45, 2.75) is 85.1 Å². The zero-order valence-electron chi connectivity index (χ0n) is 29.2. The third-order valence-corrected chi connectivity index (χ3v) is 8.81. The lowest BCUT2D eigenvalue weighted by atomic mass is 9.89. The van der Waals surface area contributed by atoms with Crippen LogP contribution in [0.15, 0.2) is 57.3 Å². The van der Waals surface area contributed by atoms with Gasteiger partial charge in [-0.05, 0) is 102 Å². The molecule has 0 saturated carbocycles. The highest BCUT2D eigenvalue weighted by Crippen LogP contribution is 2.39. The van der Waals surface area contributed by atoms with Crippen LogP contribution in [-0.2, 0) is 20.6 Å². The number of aromatic hydroxyl groups is 2. The maximum absolute atomic E-state index is 13.1. The lowest BCUT2D eigenvalue weighted by Crippen LogP contribution is -2.64. The number of benzene rings is 2. The van der Waals surface area contributed by atoms with Crippen LogP contribution in [0.25, 0.3) is 11.0 Å². The quantitative estimate of drug-likeness (QED) is 0.0867. The Morgan fingerprint density at radius 1 is 1.08 bits per heavy atom. The SMILES string of the molecule is CO[C@@H]1[C@@H](O)[C@@H](OC(=O)c2cc(C)c(C)[nH]2)[C@H](Oc2ccc3c(O)c(NC(=O)c4ccc(O)c(CC=C(C)C)c4)c(=O)oc3c2C)OC1(C)C. The fourth-order valence-corrected chi connectivity index (χ4v) is 5.90. The molecule has 1 fully saturated rings. The maximum atomic E-state index is 13.1. The number of carbonyl (C=O) groups is 2. The molecule has 0 radical (unpaired) electrons. The van der Waals surface area contributed by atoms with Crippen molar-refractivity contribution in [2.75, 3.05) is 12.4 Å². The summed E-state index contributed by atoms with van der Waals surface area (Å²) in [7, 11) is 1.41. The molecular weight excluding hydrogens is 648 g/mol. The summed E-state index contributed by atoms with van der Waals surface area (Å²) < 4.78 is 29.2. The number of esters is 1. The van der Waals surface area contributed by atoms with Gasteiger partial charge in [-0.1, -0.05) is 11.6 Å². The first kappa shape index (κ1) is 36.2. The number of carbonyl (C=O) groups excluding carboxylic acids is 2. The van der Waals surface area contributed by atoms with E-state index < -0.39 is 59.1 Å². The normalized spacial score (nSPS) is 19.9. The number of hydrogen-bond donors (Lipinski definition) is 5. The van der Waals surface area contributed by atoms with Gasteiger partial charge < -0.3 is 49.0 Å². The van der Waals surface area contributed by atoms with E-state index in [1.165, 1.54) is 37.4 Å². The highest BCUT2D eigenvalue weighted by Gasteiger charge is 2.53. The van der Waals surface area contributed by atoms with Crippen LogP contribution in [0.3, 0.4) is 0 Å². The average Bonchev–Trinajstić information content (AvgIpc) is 3.39. The number of anilines is 1. The standard InChI is InChI=1S/C37H42N2O11/c1-17(2)9-10-21-16-22(11-13-25(21)40)33(43)39-27-28(41)23-12-14-26(19(4)30(23)48-35(27)45)47-36-31(29(42)32(46-8)37(6,7)50-36)49-34(44)24-15-18(3)20(5)38-24/h9,11-16,29,31-32,36,38,40-42H,10H2,1-8H3,(H,39,43)/t29-,31+,32+,36+/m0/s1. The molecule has 3 heterocycles. The zero-order valence-corrected chi connectivity index (χ0v) is 29.2. The van der Waals surface area contributed by atoms with Crippen LogP contribution < -0.4 is 15.7 Å². The van der Waals surface area contributed by atoms with E-state index in [0.717, 1.165) is 16.8 Å². The van der Waals surface area contributed by atoms with Crippen LogP contribution in [0.5, 0.6) is 17.2 Å². The molecule has 1 saturated heterocycles. The van der Waals surface area contributed by atoms with E-state index in [1.807, 2.05) is 33.8 Å². The van der Waals surface area contributed by atoms with Gasteiger partial charge in [0.1, 0.15) is 35.0 Å². The Labute approximate surface area is 288 Å². The predicted octanol–water partition coefficient (Wildman–Crippen LogP) is 5.33. The lowest BCUT2D eigenvalue weighted by Gasteiger charge is -2.47. The van der Waals surface area contributed by atoms with Crippen molar-refractivity contribution in [1.29, 1.82) is 0 Å². The summed E-state index contributed by atoms with van der Waals surface area (Å²) in [6.07, 6.45) is -2.64. The number of hydrogen-bond acceptors (Lipinski definition) is 11. The van der Waals surface area contributed by atoms with Gasteiger partial charge in [0.15, 0.2) is 17.5 Å². The topological polar surface area (TPSA) is 190 Å². The van der Waals surface area contributed by atoms with Gasteiger partial charge in [0.25, 0.3) is 5.91 Å². The molecule has 5 N–H and O–H groups in total.